The van der Waals surface area contributed by atoms with Crippen LogP contribution in [0.15, 0.2) is 0 Å². The highest BCUT2D eigenvalue weighted by Gasteiger charge is 2.43. The first-order chi connectivity index (χ1) is 9.86. The summed E-state index contributed by atoms with van der Waals surface area (Å²) in [4.78, 5) is 27.7. The number of hydrogen-bond donors (Lipinski definition) is 1. The molecular weight excluding hydrogens is 268 g/mol. The van der Waals surface area contributed by atoms with Crippen molar-refractivity contribution in [1.29, 1.82) is 0 Å². The summed E-state index contributed by atoms with van der Waals surface area (Å²) in [5, 5.41) is 9.59. The lowest BCUT2D eigenvalue weighted by molar-refractivity contribution is -0.152. The van der Waals surface area contributed by atoms with Crippen LogP contribution < -0.4 is 0 Å². The second-order valence-electron chi connectivity index (χ2n) is 6.54. The molecule has 0 aromatic heterocycles. The normalized spacial score (nSPS) is 23.7. The number of carbonyl (C=O) groups excluding carboxylic acids is 1. The predicted molar refractivity (Wildman–Crippen MR) is 83.3 cm³/mol. The van der Waals surface area contributed by atoms with Crippen LogP contribution in [0.1, 0.15) is 52.9 Å². The maximum absolute atomic E-state index is 12.5. The van der Waals surface area contributed by atoms with Gasteiger partial charge < -0.3 is 14.9 Å². The fourth-order valence-corrected chi connectivity index (χ4v) is 3.18. The Hall–Kier alpha value is -1.26. The molecule has 21 heavy (non-hydrogen) atoms. The van der Waals surface area contributed by atoms with Gasteiger partial charge in [0.05, 0.1) is 5.41 Å². The second-order valence-corrected chi connectivity index (χ2v) is 6.54. The number of urea groups is 1. The third-order valence-corrected chi connectivity index (χ3v) is 4.64. The maximum Gasteiger partial charge on any atom is 0.319 e. The van der Waals surface area contributed by atoms with Crippen LogP contribution in [0.5, 0.6) is 0 Å². The van der Waals surface area contributed by atoms with Gasteiger partial charge >= 0.3 is 12.0 Å². The molecule has 0 radical (unpaired) electrons. The van der Waals surface area contributed by atoms with Gasteiger partial charge in [-0.15, -0.1) is 0 Å². The highest BCUT2D eigenvalue weighted by atomic mass is 16.4. The number of carbonyl (C=O) groups is 2. The second kappa shape index (κ2) is 7.66. The van der Waals surface area contributed by atoms with Crippen molar-refractivity contribution in [3.8, 4) is 0 Å². The van der Waals surface area contributed by atoms with Gasteiger partial charge in [-0.05, 0) is 25.2 Å². The van der Waals surface area contributed by atoms with Crippen LogP contribution in [0.3, 0.4) is 0 Å². The van der Waals surface area contributed by atoms with Gasteiger partial charge in [0.1, 0.15) is 0 Å². The van der Waals surface area contributed by atoms with Gasteiger partial charge in [-0.2, -0.15) is 0 Å². The molecule has 0 aliphatic carbocycles. The summed E-state index contributed by atoms with van der Waals surface area (Å²) in [6, 6.07) is -0.0308. The Morgan fingerprint density at radius 1 is 1.38 bits per heavy atom. The summed E-state index contributed by atoms with van der Waals surface area (Å²) < 4.78 is 0. The largest absolute Gasteiger partial charge is 0.481 e. The minimum Gasteiger partial charge on any atom is -0.481 e. The lowest BCUT2D eigenvalue weighted by Crippen LogP contribution is -2.53. The lowest BCUT2D eigenvalue weighted by atomic mass is 9.76. The van der Waals surface area contributed by atoms with Crippen LogP contribution in [0.2, 0.25) is 0 Å². The first-order valence-electron chi connectivity index (χ1n) is 8.09. The molecule has 122 valence electrons. The van der Waals surface area contributed by atoms with Gasteiger partial charge in [-0.25, -0.2) is 4.79 Å². The first kappa shape index (κ1) is 17.8. The molecule has 1 saturated heterocycles. The number of amides is 2. The first-order valence-corrected chi connectivity index (χ1v) is 8.09. The van der Waals surface area contributed by atoms with E-state index in [2.05, 4.69) is 13.8 Å². The van der Waals surface area contributed by atoms with Crippen molar-refractivity contribution in [1.82, 2.24) is 9.80 Å². The molecule has 0 saturated carbocycles. The Labute approximate surface area is 128 Å². The van der Waals surface area contributed by atoms with Crippen LogP contribution in [-0.4, -0.2) is 53.6 Å². The van der Waals surface area contributed by atoms with E-state index in [1.807, 2.05) is 14.0 Å². The number of carboxylic acid groups (broad SMARTS) is 1. The third kappa shape index (κ3) is 4.35. The molecule has 1 fully saturated rings. The van der Waals surface area contributed by atoms with Crippen LogP contribution in [0.4, 0.5) is 4.79 Å². The molecule has 2 amide bonds. The van der Waals surface area contributed by atoms with Crippen LogP contribution in [-0.2, 0) is 4.79 Å². The molecule has 1 rings (SSSR count). The molecule has 0 spiro atoms. The van der Waals surface area contributed by atoms with Gasteiger partial charge in [0.2, 0.25) is 0 Å². The highest BCUT2D eigenvalue weighted by Crippen LogP contribution is 2.35. The Balaban J connectivity index is 2.74. The standard InChI is InChI=1S/C16H30N2O3/c1-5-8-16(14(19)20)9-7-10-18(12-16)15(21)17(4)11-13(3)6-2/h13H,5-12H2,1-4H3,(H,19,20). The van der Waals surface area contributed by atoms with Crippen LogP contribution in [0, 0.1) is 11.3 Å². The Kier molecular flexibility index (Phi) is 6.49. The number of hydrogen-bond acceptors (Lipinski definition) is 2. The topological polar surface area (TPSA) is 60.9 Å². The number of likely N-dealkylation sites (tertiary alicyclic amines) is 1. The predicted octanol–water partition coefficient (Wildman–Crippen LogP) is 3.05. The molecule has 1 N–H and O–H groups in total. The number of aliphatic carboxylic acids is 1. The van der Waals surface area contributed by atoms with Gasteiger partial charge in [0.15, 0.2) is 0 Å². The summed E-state index contributed by atoms with van der Waals surface area (Å²) in [5.74, 6) is -0.296. The monoisotopic (exact) mass is 298 g/mol. The zero-order chi connectivity index (χ0) is 16.0. The molecule has 2 atom stereocenters. The van der Waals surface area contributed by atoms with Crippen molar-refractivity contribution in [3.05, 3.63) is 0 Å². The average Bonchev–Trinajstić information content (AvgIpc) is 2.46. The van der Waals surface area contributed by atoms with Gasteiger partial charge in [0.25, 0.3) is 0 Å². The molecule has 2 unspecified atom stereocenters. The zero-order valence-electron chi connectivity index (χ0n) is 13.9. The smallest absolute Gasteiger partial charge is 0.319 e. The quantitative estimate of drug-likeness (QED) is 0.820. The van der Waals surface area contributed by atoms with Crippen molar-refractivity contribution in [3.63, 3.8) is 0 Å². The number of nitrogens with zero attached hydrogens (tertiary/aromatic N) is 2. The van der Waals surface area contributed by atoms with Crippen molar-refractivity contribution in [2.45, 2.75) is 52.9 Å². The Morgan fingerprint density at radius 3 is 2.57 bits per heavy atom. The average molecular weight is 298 g/mol. The van der Waals surface area contributed by atoms with Gasteiger partial charge in [0, 0.05) is 26.7 Å². The summed E-state index contributed by atoms with van der Waals surface area (Å²) in [7, 11) is 1.81. The minimum absolute atomic E-state index is 0.0308. The molecule has 1 aliphatic rings. The summed E-state index contributed by atoms with van der Waals surface area (Å²) in [6.07, 6.45) is 3.95. The van der Waals surface area contributed by atoms with E-state index in [0.29, 0.717) is 31.8 Å². The number of rotatable bonds is 6. The maximum atomic E-state index is 12.5. The molecular formula is C16H30N2O3. The number of piperidine rings is 1. The van der Waals surface area contributed by atoms with Crippen LogP contribution in [0.25, 0.3) is 0 Å². The van der Waals surface area contributed by atoms with E-state index in [1.54, 1.807) is 9.80 Å². The molecule has 0 aromatic carbocycles. The minimum atomic E-state index is -0.758. The van der Waals surface area contributed by atoms with Crippen molar-refractivity contribution in [2.24, 2.45) is 11.3 Å². The Morgan fingerprint density at radius 2 is 2.05 bits per heavy atom. The van der Waals surface area contributed by atoms with Gasteiger partial charge in [-0.1, -0.05) is 33.6 Å². The van der Waals surface area contributed by atoms with E-state index in [1.165, 1.54) is 0 Å². The summed E-state index contributed by atoms with van der Waals surface area (Å²) in [5.41, 5.74) is -0.750. The van der Waals surface area contributed by atoms with E-state index < -0.39 is 11.4 Å². The van der Waals surface area contributed by atoms with Crippen molar-refractivity contribution < 1.29 is 14.7 Å². The summed E-state index contributed by atoms with van der Waals surface area (Å²) in [6.45, 7) is 7.97. The number of carboxylic acids is 1. The van der Waals surface area contributed by atoms with E-state index in [9.17, 15) is 14.7 Å². The molecule has 0 bridgehead atoms. The molecule has 1 aliphatic heterocycles. The zero-order valence-corrected chi connectivity index (χ0v) is 13.9. The SMILES string of the molecule is CCCC1(C(=O)O)CCCN(C(=O)N(C)CC(C)CC)C1. The van der Waals surface area contributed by atoms with E-state index in [4.69, 9.17) is 0 Å². The molecule has 5 heteroatoms. The molecule has 0 aromatic rings. The third-order valence-electron chi connectivity index (χ3n) is 4.64. The molecule has 5 nitrogen and oxygen atoms in total. The van der Waals surface area contributed by atoms with Crippen LogP contribution >= 0.6 is 0 Å². The Bertz CT molecular complexity index is 369. The van der Waals surface area contributed by atoms with Crippen molar-refractivity contribution in [2.75, 3.05) is 26.7 Å². The van der Waals surface area contributed by atoms with E-state index in [0.717, 1.165) is 25.8 Å². The summed E-state index contributed by atoms with van der Waals surface area (Å²) >= 11 is 0. The fraction of sp³-hybridized carbons (Fsp3) is 0.875. The van der Waals surface area contributed by atoms with Gasteiger partial charge in [-0.3, -0.25) is 4.79 Å². The highest BCUT2D eigenvalue weighted by molar-refractivity contribution is 5.78. The van der Waals surface area contributed by atoms with E-state index in [-0.39, 0.29) is 6.03 Å². The fourth-order valence-electron chi connectivity index (χ4n) is 3.18. The van der Waals surface area contributed by atoms with Crippen molar-refractivity contribution >= 4 is 12.0 Å². The lowest BCUT2D eigenvalue weighted by Gasteiger charge is -2.41. The molecule has 1 heterocycles. The van der Waals surface area contributed by atoms with E-state index >= 15 is 0 Å².